The van der Waals surface area contributed by atoms with Gasteiger partial charge in [0.15, 0.2) is 0 Å². The number of hydrogen-bond acceptors (Lipinski definition) is 3. The summed E-state index contributed by atoms with van der Waals surface area (Å²) in [6, 6.07) is 0. The molecule has 1 saturated carbocycles. The first-order valence-corrected chi connectivity index (χ1v) is 6.11. The maximum Gasteiger partial charge on any atom is 0.225 e. The summed E-state index contributed by atoms with van der Waals surface area (Å²) in [5, 5.41) is 12.3. The summed E-state index contributed by atoms with van der Waals surface area (Å²) in [5.74, 6) is 0.601. The van der Waals surface area contributed by atoms with Crippen LogP contribution in [0.3, 0.4) is 0 Å². The highest BCUT2D eigenvalue weighted by Crippen LogP contribution is 2.39. The van der Waals surface area contributed by atoms with Crippen molar-refractivity contribution in [2.75, 3.05) is 20.3 Å². The smallest absolute Gasteiger partial charge is 0.225 e. The summed E-state index contributed by atoms with van der Waals surface area (Å²) in [6.45, 7) is 0.808. The topological polar surface area (TPSA) is 58.6 Å². The van der Waals surface area contributed by atoms with E-state index in [0.29, 0.717) is 12.5 Å². The monoisotopic (exact) mass is 227 g/mol. The molecule has 2 rings (SSSR count). The van der Waals surface area contributed by atoms with Crippen molar-refractivity contribution >= 4 is 5.91 Å². The number of ether oxygens (including phenoxy) is 1. The SMILES string of the molecule is COCC1CC2(CCC(CO)CC2)NC1=O. The molecular formula is C12H21NO3. The minimum absolute atomic E-state index is 0.00590. The van der Waals surface area contributed by atoms with Gasteiger partial charge in [0.25, 0.3) is 0 Å². The van der Waals surface area contributed by atoms with E-state index in [1.54, 1.807) is 7.11 Å². The minimum Gasteiger partial charge on any atom is -0.396 e. The second-order valence-electron chi connectivity index (χ2n) is 5.25. The molecule has 0 aromatic rings. The van der Waals surface area contributed by atoms with Crippen LogP contribution >= 0.6 is 0 Å². The van der Waals surface area contributed by atoms with Crippen LogP contribution in [0.5, 0.6) is 0 Å². The van der Waals surface area contributed by atoms with Crippen molar-refractivity contribution in [3.63, 3.8) is 0 Å². The largest absolute Gasteiger partial charge is 0.396 e. The minimum atomic E-state index is 0.00590. The number of aliphatic hydroxyl groups excluding tert-OH is 1. The van der Waals surface area contributed by atoms with Crippen molar-refractivity contribution in [1.29, 1.82) is 0 Å². The van der Waals surface area contributed by atoms with E-state index in [0.717, 1.165) is 32.1 Å². The Kier molecular flexibility index (Phi) is 3.50. The first-order chi connectivity index (χ1) is 7.69. The second-order valence-corrected chi connectivity index (χ2v) is 5.25. The highest BCUT2D eigenvalue weighted by molar-refractivity contribution is 5.82. The third kappa shape index (κ3) is 2.23. The van der Waals surface area contributed by atoms with Crippen LogP contribution in [-0.4, -0.2) is 36.9 Å². The van der Waals surface area contributed by atoms with E-state index in [-0.39, 0.29) is 24.0 Å². The number of methoxy groups -OCH3 is 1. The van der Waals surface area contributed by atoms with E-state index < -0.39 is 0 Å². The van der Waals surface area contributed by atoms with E-state index in [2.05, 4.69) is 5.32 Å². The van der Waals surface area contributed by atoms with Crippen molar-refractivity contribution in [2.45, 2.75) is 37.6 Å². The van der Waals surface area contributed by atoms with Crippen molar-refractivity contribution in [3.8, 4) is 0 Å². The van der Waals surface area contributed by atoms with Gasteiger partial charge in [0, 0.05) is 19.3 Å². The predicted octanol–water partition coefficient (Wildman–Crippen LogP) is 0.690. The molecule has 4 heteroatoms. The van der Waals surface area contributed by atoms with Gasteiger partial charge in [0.05, 0.1) is 12.5 Å². The fraction of sp³-hybridized carbons (Fsp3) is 0.917. The lowest BCUT2D eigenvalue weighted by Crippen LogP contribution is -2.44. The van der Waals surface area contributed by atoms with Crippen LogP contribution in [0.25, 0.3) is 0 Å². The highest BCUT2D eigenvalue weighted by Gasteiger charge is 2.45. The molecule has 92 valence electrons. The molecule has 0 aromatic heterocycles. The average Bonchev–Trinajstić information content (AvgIpc) is 2.57. The van der Waals surface area contributed by atoms with Gasteiger partial charge in [-0.1, -0.05) is 0 Å². The number of carbonyl (C=O) groups excluding carboxylic acids is 1. The molecule has 1 atom stereocenters. The van der Waals surface area contributed by atoms with Crippen LogP contribution in [-0.2, 0) is 9.53 Å². The van der Waals surface area contributed by atoms with Gasteiger partial charge in [0.2, 0.25) is 5.91 Å². The Morgan fingerprint density at radius 3 is 2.75 bits per heavy atom. The van der Waals surface area contributed by atoms with Crippen LogP contribution in [0.2, 0.25) is 0 Å². The van der Waals surface area contributed by atoms with Gasteiger partial charge in [-0.15, -0.1) is 0 Å². The van der Waals surface area contributed by atoms with Gasteiger partial charge in [-0.3, -0.25) is 4.79 Å². The summed E-state index contributed by atoms with van der Waals surface area (Å²) in [5.41, 5.74) is 0.00590. The number of amides is 1. The third-order valence-electron chi connectivity index (χ3n) is 4.08. The van der Waals surface area contributed by atoms with E-state index in [1.165, 1.54) is 0 Å². The lowest BCUT2D eigenvalue weighted by atomic mass is 9.75. The van der Waals surface area contributed by atoms with Crippen LogP contribution in [0.1, 0.15) is 32.1 Å². The quantitative estimate of drug-likeness (QED) is 0.746. The molecule has 1 heterocycles. The number of rotatable bonds is 3. The molecule has 2 aliphatic rings. The van der Waals surface area contributed by atoms with Gasteiger partial charge in [-0.25, -0.2) is 0 Å². The zero-order valence-electron chi connectivity index (χ0n) is 9.87. The molecule has 4 nitrogen and oxygen atoms in total. The Bertz CT molecular complexity index is 259. The highest BCUT2D eigenvalue weighted by atomic mass is 16.5. The van der Waals surface area contributed by atoms with Crippen molar-refractivity contribution in [3.05, 3.63) is 0 Å². The van der Waals surface area contributed by atoms with E-state index in [1.807, 2.05) is 0 Å². The molecule has 1 amide bonds. The zero-order chi connectivity index (χ0) is 11.6. The Morgan fingerprint density at radius 2 is 2.19 bits per heavy atom. The fourth-order valence-corrected chi connectivity index (χ4v) is 3.06. The Morgan fingerprint density at radius 1 is 1.50 bits per heavy atom. The number of hydrogen-bond donors (Lipinski definition) is 2. The molecule has 1 aliphatic carbocycles. The predicted molar refractivity (Wildman–Crippen MR) is 59.9 cm³/mol. The lowest BCUT2D eigenvalue weighted by molar-refractivity contribution is -0.124. The standard InChI is InChI=1S/C12H21NO3/c1-16-8-10-6-12(13-11(10)15)4-2-9(7-14)3-5-12/h9-10,14H,2-8H2,1H3,(H,13,15). The van der Waals surface area contributed by atoms with Gasteiger partial charge < -0.3 is 15.2 Å². The third-order valence-corrected chi connectivity index (χ3v) is 4.08. The molecular weight excluding hydrogens is 206 g/mol. The van der Waals surface area contributed by atoms with Crippen LogP contribution < -0.4 is 5.32 Å². The van der Waals surface area contributed by atoms with Crippen molar-refractivity contribution in [1.82, 2.24) is 5.32 Å². The van der Waals surface area contributed by atoms with Gasteiger partial charge >= 0.3 is 0 Å². The fourth-order valence-electron chi connectivity index (χ4n) is 3.06. The Balaban J connectivity index is 1.94. The van der Waals surface area contributed by atoms with Crippen LogP contribution in [0.15, 0.2) is 0 Å². The molecule has 1 aliphatic heterocycles. The van der Waals surface area contributed by atoms with Gasteiger partial charge in [0.1, 0.15) is 0 Å². The molecule has 1 unspecified atom stereocenters. The summed E-state index contributed by atoms with van der Waals surface area (Å²) in [4.78, 5) is 11.7. The molecule has 1 saturated heterocycles. The van der Waals surface area contributed by atoms with Gasteiger partial charge in [-0.2, -0.15) is 0 Å². The second kappa shape index (κ2) is 4.72. The normalized spacial score (nSPS) is 39.0. The summed E-state index contributed by atoms with van der Waals surface area (Å²) in [6.07, 6.45) is 4.96. The van der Waals surface area contributed by atoms with Crippen molar-refractivity contribution < 1.29 is 14.6 Å². The van der Waals surface area contributed by atoms with Gasteiger partial charge in [-0.05, 0) is 38.0 Å². The molecule has 1 spiro atoms. The molecule has 0 radical (unpaired) electrons. The number of aliphatic hydroxyl groups is 1. The average molecular weight is 227 g/mol. The van der Waals surface area contributed by atoms with Crippen LogP contribution in [0.4, 0.5) is 0 Å². The number of nitrogens with one attached hydrogen (secondary N) is 1. The van der Waals surface area contributed by atoms with Crippen LogP contribution in [0, 0.1) is 11.8 Å². The zero-order valence-corrected chi connectivity index (χ0v) is 9.87. The maximum atomic E-state index is 11.7. The summed E-state index contributed by atoms with van der Waals surface area (Å²) >= 11 is 0. The number of carbonyl (C=O) groups is 1. The van der Waals surface area contributed by atoms with E-state index >= 15 is 0 Å². The first kappa shape index (κ1) is 11.9. The summed E-state index contributed by atoms with van der Waals surface area (Å²) in [7, 11) is 1.64. The molecule has 2 N–H and O–H groups in total. The lowest BCUT2D eigenvalue weighted by Gasteiger charge is -2.36. The summed E-state index contributed by atoms with van der Waals surface area (Å²) < 4.78 is 5.07. The maximum absolute atomic E-state index is 11.7. The Labute approximate surface area is 96.4 Å². The molecule has 0 aromatic carbocycles. The first-order valence-electron chi connectivity index (χ1n) is 6.11. The Hall–Kier alpha value is -0.610. The molecule has 0 bridgehead atoms. The van der Waals surface area contributed by atoms with Crippen molar-refractivity contribution in [2.24, 2.45) is 11.8 Å². The molecule has 16 heavy (non-hydrogen) atoms. The van der Waals surface area contributed by atoms with E-state index in [4.69, 9.17) is 9.84 Å². The van der Waals surface area contributed by atoms with E-state index in [9.17, 15) is 4.79 Å². The molecule has 2 fully saturated rings.